The van der Waals surface area contributed by atoms with Gasteiger partial charge in [-0.15, -0.1) is 0 Å². The number of aliphatic hydroxyl groups excluding tert-OH is 1. The van der Waals surface area contributed by atoms with Crippen LogP contribution in [0.1, 0.15) is 52.4 Å². The summed E-state index contributed by atoms with van der Waals surface area (Å²) in [5.41, 5.74) is 5.91. The molecule has 2 heteroatoms. The lowest BCUT2D eigenvalue weighted by Crippen LogP contribution is -2.45. The lowest BCUT2D eigenvalue weighted by atomic mass is 9.66. The molecule has 3 N–H and O–H groups in total. The minimum Gasteiger partial charge on any atom is -0.393 e. The van der Waals surface area contributed by atoms with Gasteiger partial charge in [-0.2, -0.15) is 0 Å². The van der Waals surface area contributed by atoms with Gasteiger partial charge in [0.25, 0.3) is 0 Å². The molecule has 3 atom stereocenters. The van der Waals surface area contributed by atoms with Gasteiger partial charge in [0.2, 0.25) is 0 Å². The third kappa shape index (κ3) is 2.48. The van der Waals surface area contributed by atoms with Crippen LogP contribution in [0.25, 0.3) is 0 Å². The fraction of sp³-hybridized carbons (Fsp3) is 1.00. The average Bonchev–Trinajstić information content (AvgIpc) is 2.18. The standard InChI is InChI=1S/C12H25NO/c1-3-5-11(14)12(9-13)7-4-6-10(2)8-12/h10-11,14H,3-9,13H2,1-2H3. The number of hydrogen-bond donors (Lipinski definition) is 2. The Morgan fingerprint density at radius 3 is 2.79 bits per heavy atom. The summed E-state index contributed by atoms with van der Waals surface area (Å²) >= 11 is 0. The molecule has 0 bridgehead atoms. The summed E-state index contributed by atoms with van der Waals surface area (Å²) in [6, 6.07) is 0. The highest BCUT2D eigenvalue weighted by Crippen LogP contribution is 2.42. The summed E-state index contributed by atoms with van der Waals surface area (Å²) in [6.07, 6.45) is 6.56. The van der Waals surface area contributed by atoms with Crippen molar-refractivity contribution in [1.82, 2.24) is 0 Å². The van der Waals surface area contributed by atoms with E-state index in [9.17, 15) is 5.11 Å². The molecule has 1 rings (SSSR count). The SMILES string of the molecule is CCCC(O)C1(CN)CCCC(C)C1. The molecule has 0 aromatic carbocycles. The molecule has 2 nitrogen and oxygen atoms in total. The number of hydrogen-bond acceptors (Lipinski definition) is 2. The molecule has 0 aromatic heterocycles. The van der Waals surface area contributed by atoms with E-state index in [4.69, 9.17) is 5.73 Å². The van der Waals surface area contributed by atoms with Gasteiger partial charge in [-0.25, -0.2) is 0 Å². The highest BCUT2D eigenvalue weighted by Gasteiger charge is 2.39. The van der Waals surface area contributed by atoms with E-state index in [1.807, 2.05) is 0 Å². The maximum Gasteiger partial charge on any atom is 0.0608 e. The lowest BCUT2D eigenvalue weighted by Gasteiger charge is -2.42. The van der Waals surface area contributed by atoms with E-state index in [2.05, 4.69) is 13.8 Å². The van der Waals surface area contributed by atoms with Crippen molar-refractivity contribution in [2.75, 3.05) is 6.54 Å². The van der Waals surface area contributed by atoms with Crippen molar-refractivity contribution in [2.45, 2.75) is 58.5 Å². The first-order valence-electron chi connectivity index (χ1n) is 6.02. The van der Waals surface area contributed by atoms with Crippen LogP contribution >= 0.6 is 0 Å². The third-order valence-electron chi connectivity index (χ3n) is 3.80. The third-order valence-corrected chi connectivity index (χ3v) is 3.80. The van der Waals surface area contributed by atoms with Crippen molar-refractivity contribution in [3.05, 3.63) is 0 Å². The predicted octanol–water partition coefficient (Wildman–Crippen LogP) is 2.30. The molecule has 14 heavy (non-hydrogen) atoms. The smallest absolute Gasteiger partial charge is 0.0608 e. The monoisotopic (exact) mass is 199 g/mol. The van der Waals surface area contributed by atoms with Gasteiger partial charge in [0, 0.05) is 12.0 Å². The molecule has 0 aromatic rings. The van der Waals surface area contributed by atoms with Crippen molar-refractivity contribution >= 4 is 0 Å². The zero-order valence-electron chi connectivity index (χ0n) is 9.63. The van der Waals surface area contributed by atoms with Gasteiger partial charge in [-0.1, -0.05) is 33.1 Å². The van der Waals surface area contributed by atoms with Crippen molar-refractivity contribution < 1.29 is 5.11 Å². The predicted molar refractivity (Wildman–Crippen MR) is 60.0 cm³/mol. The first kappa shape index (κ1) is 12.0. The second kappa shape index (κ2) is 5.13. The highest BCUT2D eigenvalue weighted by molar-refractivity contribution is 4.91. The molecule has 3 unspecified atom stereocenters. The summed E-state index contributed by atoms with van der Waals surface area (Å²) in [5.74, 6) is 0.735. The van der Waals surface area contributed by atoms with E-state index >= 15 is 0 Å². The Labute approximate surface area is 87.9 Å². The lowest BCUT2D eigenvalue weighted by molar-refractivity contribution is -0.0162. The Kier molecular flexibility index (Phi) is 4.39. The van der Waals surface area contributed by atoms with E-state index in [0.29, 0.717) is 6.54 Å². The van der Waals surface area contributed by atoms with Crippen LogP contribution < -0.4 is 5.73 Å². The molecule has 0 heterocycles. The molecule has 84 valence electrons. The largest absolute Gasteiger partial charge is 0.393 e. The van der Waals surface area contributed by atoms with Crippen molar-refractivity contribution in [1.29, 1.82) is 0 Å². The normalized spacial score (nSPS) is 35.6. The van der Waals surface area contributed by atoms with Gasteiger partial charge in [0.1, 0.15) is 0 Å². The zero-order valence-corrected chi connectivity index (χ0v) is 9.63. The summed E-state index contributed by atoms with van der Waals surface area (Å²) < 4.78 is 0. The van der Waals surface area contributed by atoms with E-state index in [0.717, 1.165) is 31.6 Å². The van der Waals surface area contributed by atoms with Gasteiger partial charge < -0.3 is 10.8 Å². The highest BCUT2D eigenvalue weighted by atomic mass is 16.3. The Hall–Kier alpha value is -0.0800. The Morgan fingerprint density at radius 2 is 2.29 bits per heavy atom. The van der Waals surface area contributed by atoms with E-state index in [1.165, 1.54) is 12.8 Å². The quantitative estimate of drug-likeness (QED) is 0.730. The Bertz CT molecular complexity index is 172. The van der Waals surface area contributed by atoms with Gasteiger partial charge in [0.05, 0.1) is 6.10 Å². The maximum atomic E-state index is 10.2. The zero-order chi connectivity index (χ0) is 10.6. The molecule has 0 aliphatic heterocycles. The topological polar surface area (TPSA) is 46.2 Å². The van der Waals surface area contributed by atoms with E-state index < -0.39 is 0 Å². The van der Waals surface area contributed by atoms with Gasteiger partial charge in [-0.05, 0) is 25.2 Å². The molecule has 0 amide bonds. The van der Waals surface area contributed by atoms with Gasteiger partial charge >= 0.3 is 0 Å². The van der Waals surface area contributed by atoms with E-state index in [1.54, 1.807) is 0 Å². The minimum atomic E-state index is -0.180. The summed E-state index contributed by atoms with van der Waals surface area (Å²) in [7, 11) is 0. The molecular weight excluding hydrogens is 174 g/mol. The van der Waals surface area contributed by atoms with E-state index in [-0.39, 0.29) is 11.5 Å². The number of nitrogens with two attached hydrogens (primary N) is 1. The van der Waals surface area contributed by atoms with Crippen LogP contribution in [0.15, 0.2) is 0 Å². The summed E-state index contributed by atoms with van der Waals surface area (Å²) in [6.45, 7) is 5.06. The molecule has 1 aliphatic carbocycles. The van der Waals surface area contributed by atoms with Crippen LogP contribution in [0.4, 0.5) is 0 Å². The fourth-order valence-corrected chi connectivity index (χ4v) is 2.90. The van der Waals surface area contributed by atoms with Gasteiger partial charge in [-0.3, -0.25) is 0 Å². The molecule has 0 saturated heterocycles. The molecule has 0 spiro atoms. The van der Waals surface area contributed by atoms with Crippen LogP contribution in [-0.2, 0) is 0 Å². The molecule has 1 saturated carbocycles. The molecular formula is C12H25NO. The fourth-order valence-electron chi connectivity index (χ4n) is 2.90. The van der Waals surface area contributed by atoms with Crippen molar-refractivity contribution in [3.8, 4) is 0 Å². The van der Waals surface area contributed by atoms with Crippen LogP contribution in [0.5, 0.6) is 0 Å². The van der Waals surface area contributed by atoms with Crippen LogP contribution in [0, 0.1) is 11.3 Å². The van der Waals surface area contributed by atoms with Crippen molar-refractivity contribution in [3.63, 3.8) is 0 Å². The molecule has 1 fully saturated rings. The van der Waals surface area contributed by atoms with Crippen molar-refractivity contribution in [2.24, 2.45) is 17.1 Å². The van der Waals surface area contributed by atoms with Crippen LogP contribution in [0.2, 0.25) is 0 Å². The minimum absolute atomic E-state index is 0.0354. The number of rotatable bonds is 4. The molecule has 1 aliphatic rings. The molecule has 0 radical (unpaired) electrons. The van der Waals surface area contributed by atoms with Gasteiger partial charge in [0.15, 0.2) is 0 Å². The average molecular weight is 199 g/mol. The Balaban J connectivity index is 2.63. The first-order valence-corrected chi connectivity index (χ1v) is 6.02. The first-order chi connectivity index (χ1) is 6.64. The van der Waals surface area contributed by atoms with Crippen LogP contribution in [-0.4, -0.2) is 17.8 Å². The summed E-state index contributed by atoms with van der Waals surface area (Å²) in [5, 5.41) is 10.2. The second-order valence-corrected chi connectivity index (χ2v) is 5.07. The Morgan fingerprint density at radius 1 is 1.57 bits per heavy atom. The number of aliphatic hydroxyl groups is 1. The maximum absolute atomic E-state index is 10.2. The van der Waals surface area contributed by atoms with Crippen LogP contribution in [0.3, 0.4) is 0 Å². The second-order valence-electron chi connectivity index (χ2n) is 5.07. The summed E-state index contributed by atoms with van der Waals surface area (Å²) in [4.78, 5) is 0.